The predicted octanol–water partition coefficient (Wildman–Crippen LogP) is 4.66. The molecular weight excluding hydrogens is 182 g/mol. The largest absolute Gasteiger partial charge is 0.382 e. The Bertz CT molecular complexity index is 268. The zero-order valence-electron chi connectivity index (χ0n) is 11.0. The van der Waals surface area contributed by atoms with Gasteiger partial charge in [-0.3, -0.25) is 0 Å². The topological polar surface area (TPSA) is 12.0 Å². The summed E-state index contributed by atoms with van der Waals surface area (Å²) in [5.41, 5.74) is 2.77. The van der Waals surface area contributed by atoms with E-state index in [0.717, 1.165) is 0 Å². The fourth-order valence-electron chi connectivity index (χ4n) is 1.67. The minimum absolute atomic E-state index is 0.590. The van der Waals surface area contributed by atoms with Crippen molar-refractivity contribution < 1.29 is 0 Å². The minimum Gasteiger partial charge on any atom is -0.382 e. The second-order valence-electron chi connectivity index (χ2n) is 3.31. The lowest BCUT2D eigenvalue weighted by molar-refractivity contribution is 0.690. The lowest BCUT2D eigenvalue weighted by atomic mass is 9.99. The molecule has 1 heteroatoms. The number of rotatable bonds is 0. The SMILES string of the molecule is CC.CC.CC1Nc2ccccc2C1C. The molecule has 15 heavy (non-hydrogen) atoms. The maximum Gasteiger partial charge on any atom is 0.0378 e. The van der Waals surface area contributed by atoms with Gasteiger partial charge in [0.25, 0.3) is 0 Å². The van der Waals surface area contributed by atoms with E-state index in [0.29, 0.717) is 12.0 Å². The highest BCUT2D eigenvalue weighted by molar-refractivity contribution is 5.58. The van der Waals surface area contributed by atoms with Crippen molar-refractivity contribution in [3.8, 4) is 0 Å². The fraction of sp³-hybridized carbons (Fsp3) is 0.571. The van der Waals surface area contributed by atoms with Crippen LogP contribution in [0.15, 0.2) is 24.3 Å². The summed E-state index contributed by atoms with van der Waals surface area (Å²) in [5.74, 6) is 0.659. The molecule has 1 aromatic carbocycles. The van der Waals surface area contributed by atoms with Crippen LogP contribution in [0.4, 0.5) is 5.69 Å². The Hall–Kier alpha value is -0.980. The number of anilines is 1. The Labute approximate surface area is 94.9 Å². The second kappa shape index (κ2) is 7.33. The van der Waals surface area contributed by atoms with Gasteiger partial charge in [0.2, 0.25) is 0 Å². The third kappa shape index (κ3) is 3.26. The van der Waals surface area contributed by atoms with Crippen molar-refractivity contribution in [3.05, 3.63) is 29.8 Å². The van der Waals surface area contributed by atoms with Crippen LogP contribution in [0, 0.1) is 0 Å². The van der Waals surface area contributed by atoms with E-state index in [1.54, 1.807) is 0 Å². The lowest BCUT2D eigenvalue weighted by Crippen LogP contribution is -2.12. The van der Waals surface area contributed by atoms with Gasteiger partial charge in [0.05, 0.1) is 0 Å². The molecule has 2 unspecified atom stereocenters. The normalized spacial score (nSPS) is 21.2. The van der Waals surface area contributed by atoms with Gasteiger partial charge in [-0.05, 0) is 18.6 Å². The van der Waals surface area contributed by atoms with Crippen molar-refractivity contribution in [1.29, 1.82) is 0 Å². The Morgan fingerprint density at radius 3 is 2.00 bits per heavy atom. The van der Waals surface area contributed by atoms with E-state index in [1.807, 2.05) is 27.7 Å². The van der Waals surface area contributed by atoms with Gasteiger partial charge in [0.1, 0.15) is 0 Å². The number of hydrogen-bond acceptors (Lipinski definition) is 1. The van der Waals surface area contributed by atoms with Crippen LogP contribution >= 0.6 is 0 Å². The molecule has 0 bridgehead atoms. The molecule has 2 atom stereocenters. The summed E-state index contributed by atoms with van der Waals surface area (Å²) in [6.07, 6.45) is 0. The van der Waals surface area contributed by atoms with E-state index >= 15 is 0 Å². The molecule has 0 saturated heterocycles. The molecule has 0 aliphatic carbocycles. The highest BCUT2D eigenvalue weighted by Crippen LogP contribution is 2.34. The van der Waals surface area contributed by atoms with Crippen molar-refractivity contribution in [1.82, 2.24) is 0 Å². The zero-order chi connectivity index (χ0) is 11.8. The molecule has 1 N–H and O–H groups in total. The lowest BCUT2D eigenvalue weighted by Gasteiger charge is -2.08. The fourth-order valence-corrected chi connectivity index (χ4v) is 1.67. The van der Waals surface area contributed by atoms with Crippen molar-refractivity contribution in [2.24, 2.45) is 0 Å². The van der Waals surface area contributed by atoms with Gasteiger partial charge >= 0.3 is 0 Å². The average Bonchev–Trinajstić information content (AvgIpc) is 2.61. The first-order valence-corrected chi connectivity index (χ1v) is 6.14. The molecule has 0 radical (unpaired) electrons. The summed E-state index contributed by atoms with van der Waals surface area (Å²) < 4.78 is 0. The maximum absolute atomic E-state index is 3.45. The van der Waals surface area contributed by atoms with E-state index in [4.69, 9.17) is 0 Å². The van der Waals surface area contributed by atoms with Crippen LogP contribution in [-0.4, -0.2) is 6.04 Å². The summed E-state index contributed by atoms with van der Waals surface area (Å²) in [6, 6.07) is 9.13. The molecule has 0 fully saturated rings. The zero-order valence-corrected chi connectivity index (χ0v) is 11.0. The third-order valence-electron chi connectivity index (χ3n) is 2.58. The number of fused-ring (bicyclic) bond motifs is 1. The van der Waals surface area contributed by atoms with Gasteiger partial charge < -0.3 is 5.32 Å². The van der Waals surface area contributed by atoms with E-state index in [-0.39, 0.29) is 0 Å². The molecule has 0 saturated carbocycles. The van der Waals surface area contributed by atoms with Crippen molar-refractivity contribution >= 4 is 5.69 Å². The van der Waals surface area contributed by atoms with E-state index in [9.17, 15) is 0 Å². The highest BCUT2D eigenvalue weighted by atomic mass is 15.0. The first-order chi connectivity index (χ1) is 7.29. The van der Waals surface area contributed by atoms with Gasteiger partial charge in [0.15, 0.2) is 0 Å². The molecule has 86 valence electrons. The molecule has 2 rings (SSSR count). The Morgan fingerprint density at radius 2 is 1.47 bits per heavy atom. The summed E-state index contributed by atoms with van der Waals surface area (Å²) in [4.78, 5) is 0. The first kappa shape index (κ1) is 14.0. The molecule has 0 aromatic heterocycles. The Morgan fingerprint density at radius 1 is 0.933 bits per heavy atom. The molecule has 0 spiro atoms. The molecule has 1 aliphatic rings. The predicted molar refractivity (Wildman–Crippen MR) is 70.6 cm³/mol. The van der Waals surface area contributed by atoms with E-state index < -0.39 is 0 Å². The molecule has 1 aliphatic heterocycles. The van der Waals surface area contributed by atoms with Crippen molar-refractivity contribution in [3.63, 3.8) is 0 Å². The molecular formula is C14H25N. The number of nitrogens with one attached hydrogen (secondary N) is 1. The van der Waals surface area contributed by atoms with E-state index in [2.05, 4.69) is 43.4 Å². The van der Waals surface area contributed by atoms with Gasteiger partial charge in [-0.25, -0.2) is 0 Å². The number of para-hydroxylation sites is 1. The van der Waals surface area contributed by atoms with Crippen LogP contribution < -0.4 is 5.32 Å². The van der Waals surface area contributed by atoms with Gasteiger partial charge in [-0.2, -0.15) is 0 Å². The smallest absolute Gasteiger partial charge is 0.0378 e. The number of hydrogen-bond donors (Lipinski definition) is 1. The highest BCUT2D eigenvalue weighted by Gasteiger charge is 2.23. The minimum atomic E-state index is 0.590. The summed E-state index contributed by atoms with van der Waals surface area (Å²) in [6.45, 7) is 12.5. The standard InChI is InChI=1S/C10H13N.2C2H6/c1-7-8(2)11-10-6-4-3-5-9(7)10;2*1-2/h3-8,11H,1-2H3;2*1-2H3. The van der Waals surface area contributed by atoms with Gasteiger partial charge in [-0.15, -0.1) is 0 Å². The summed E-state index contributed by atoms with van der Waals surface area (Å²) in [7, 11) is 0. The van der Waals surface area contributed by atoms with Crippen LogP contribution in [0.5, 0.6) is 0 Å². The molecule has 1 aromatic rings. The van der Waals surface area contributed by atoms with Crippen molar-refractivity contribution in [2.75, 3.05) is 5.32 Å². The maximum atomic E-state index is 3.45. The van der Waals surface area contributed by atoms with Crippen LogP contribution in [0.3, 0.4) is 0 Å². The van der Waals surface area contributed by atoms with Crippen LogP contribution in [-0.2, 0) is 0 Å². The second-order valence-corrected chi connectivity index (χ2v) is 3.31. The molecule has 1 heterocycles. The van der Waals surface area contributed by atoms with Crippen LogP contribution in [0.2, 0.25) is 0 Å². The first-order valence-electron chi connectivity index (χ1n) is 6.14. The third-order valence-corrected chi connectivity index (χ3v) is 2.58. The van der Waals surface area contributed by atoms with Gasteiger partial charge in [-0.1, -0.05) is 52.8 Å². The Kier molecular flexibility index (Phi) is 6.85. The molecule has 1 nitrogen and oxygen atoms in total. The monoisotopic (exact) mass is 207 g/mol. The summed E-state index contributed by atoms with van der Waals surface area (Å²) >= 11 is 0. The van der Waals surface area contributed by atoms with Crippen LogP contribution in [0.25, 0.3) is 0 Å². The average molecular weight is 207 g/mol. The van der Waals surface area contributed by atoms with Crippen molar-refractivity contribution in [2.45, 2.75) is 53.5 Å². The quantitative estimate of drug-likeness (QED) is 0.652. The summed E-state index contributed by atoms with van der Waals surface area (Å²) in [5, 5.41) is 3.45. The molecule has 0 amide bonds. The number of benzene rings is 1. The van der Waals surface area contributed by atoms with E-state index in [1.165, 1.54) is 11.3 Å². The Balaban J connectivity index is 0.000000442. The van der Waals surface area contributed by atoms with Gasteiger partial charge in [0, 0.05) is 17.6 Å². The van der Waals surface area contributed by atoms with Crippen LogP contribution in [0.1, 0.15) is 53.0 Å².